The van der Waals surface area contributed by atoms with E-state index in [1.54, 1.807) is 0 Å². The number of ether oxygens (including phenoxy) is 2. The zero-order valence-electron chi connectivity index (χ0n) is 15.1. The highest BCUT2D eigenvalue weighted by atomic mass is 16.7. The molecule has 0 radical (unpaired) electrons. The smallest absolute Gasteiger partial charge is 0.186 e. The maximum Gasteiger partial charge on any atom is 0.186 e. The molecule has 6 atom stereocenters. The van der Waals surface area contributed by atoms with E-state index < -0.39 is 37.3 Å². The first kappa shape index (κ1) is 21.8. The lowest BCUT2D eigenvalue weighted by Gasteiger charge is -2.40. The Morgan fingerprint density at radius 1 is 0.875 bits per heavy atom. The van der Waals surface area contributed by atoms with Gasteiger partial charge in [0.1, 0.15) is 24.4 Å². The van der Waals surface area contributed by atoms with Crippen molar-refractivity contribution in [1.29, 1.82) is 0 Å². The summed E-state index contributed by atoms with van der Waals surface area (Å²) in [6.45, 7) is 3.79. The molecule has 1 fully saturated rings. The second kappa shape index (κ2) is 12.2. The van der Waals surface area contributed by atoms with Crippen LogP contribution in [0.25, 0.3) is 0 Å². The Labute approximate surface area is 145 Å². The Hall–Kier alpha value is -0.240. The minimum atomic E-state index is -1.38. The van der Waals surface area contributed by atoms with Crippen LogP contribution >= 0.6 is 0 Å². The maximum absolute atomic E-state index is 10.0. The van der Waals surface area contributed by atoms with Crippen LogP contribution in [-0.2, 0) is 9.47 Å². The fourth-order valence-corrected chi connectivity index (χ4v) is 3.07. The lowest BCUT2D eigenvalue weighted by atomic mass is 9.99. The maximum atomic E-state index is 10.0. The zero-order chi connectivity index (χ0) is 17.9. The van der Waals surface area contributed by atoms with Gasteiger partial charge in [-0.15, -0.1) is 0 Å². The zero-order valence-corrected chi connectivity index (χ0v) is 15.1. The SMILES string of the molecule is CCCCCCCCC[C@@H](CC)O[C@@H]1O[C@H](CO)[C@@H](O)[C@H](O)[C@H]1O. The highest BCUT2D eigenvalue weighted by molar-refractivity contribution is 4.89. The van der Waals surface area contributed by atoms with Gasteiger partial charge >= 0.3 is 0 Å². The molecule has 4 N–H and O–H groups in total. The Bertz CT molecular complexity index is 312. The van der Waals surface area contributed by atoms with Gasteiger partial charge in [-0.25, -0.2) is 0 Å². The van der Waals surface area contributed by atoms with Gasteiger partial charge in [0.05, 0.1) is 12.7 Å². The van der Waals surface area contributed by atoms with Gasteiger partial charge in [-0.2, -0.15) is 0 Å². The van der Waals surface area contributed by atoms with E-state index in [1.165, 1.54) is 32.1 Å². The van der Waals surface area contributed by atoms with Crippen molar-refractivity contribution in [2.45, 2.75) is 108 Å². The lowest BCUT2D eigenvalue weighted by molar-refractivity contribution is -0.311. The van der Waals surface area contributed by atoms with Crippen LogP contribution < -0.4 is 0 Å². The van der Waals surface area contributed by atoms with Crippen LogP contribution in [0, 0.1) is 0 Å². The number of aliphatic hydroxyl groups excluding tert-OH is 4. The molecule has 0 unspecified atom stereocenters. The van der Waals surface area contributed by atoms with E-state index >= 15 is 0 Å². The second-order valence-electron chi connectivity index (χ2n) is 6.77. The molecule has 1 saturated heterocycles. The molecule has 0 amide bonds. The van der Waals surface area contributed by atoms with Crippen molar-refractivity contribution < 1.29 is 29.9 Å². The summed E-state index contributed by atoms with van der Waals surface area (Å²) in [6.07, 6.45) is 4.22. The molecule has 6 nitrogen and oxygen atoms in total. The normalized spacial score (nSPS) is 32.0. The molecular formula is C18H36O6. The van der Waals surface area contributed by atoms with Crippen molar-refractivity contribution in [3.8, 4) is 0 Å². The first-order valence-electron chi connectivity index (χ1n) is 9.51. The second-order valence-corrected chi connectivity index (χ2v) is 6.77. The van der Waals surface area contributed by atoms with Crippen LogP contribution in [0.3, 0.4) is 0 Å². The first-order valence-corrected chi connectivity index (χ1v) is 9.51. The fourth-order valence-electron chi connectivity index (χ4n) is 3.07. The number of hydrogen-bond donors (Lipinski definition) is 4. The van der Waals surface area contributed by atoms with Crippen LogP contribution in [0.5, 0.6) is 0 Å². The minimum absolute atomic E-state index is 0.0675. The van der Waals surface area contributed by atoms with Crippen molar-refractivity contribution in [1.82, 2.24) is 0 Å². The highest BCUT2D eigenvalue weighted by Crippen LogP contribution is 2.24. The highest BCUT2D eigenvalue weighted by Gasteiger charge is 2.44. The number of aliphatic hydroxyl groups is 4. The molecule has 1 aliphatic rings. The standard InChI is InChI=1S/C18H36O6/c1-3-5-6-7-8-9-10-11-13(4-2)23-18-17(22)16(21)15(20)14(12-19)24-18/h13-22H,3-12H2,1-2H3/t13-,14-,15-,16+,17-,18-/m1/s1. The van der Waals surface area contributed by atoms with Gasteiger partial charge < -0.3 is 29.9 Å². The third kappa shape index (κ3) is 6.94. The minimum Gasteiger partial charge on any atom is -0.394 e. The number of rotatable bonds is 12. The monoisotopic (exact) mass is 348 g/mol. The molecule has 0 aromatic carbocycles. The van der Waals surface area contributed by atoms with Crippen molar-refractivity contribution in [2.24, 2.45) is 0 Å². The molecule has 1 aliphatic heterocycles. The Morgan fingerprint density at radius 2 is 1.50 bits per heavy atom. The summed E-state index contributed by atoms with van der Waals surface area (Å²) in [5.41, 5.74) is 0. The Morgan fingerprint density at radius 3 is 2.08 bits per heavy atom. The van der Waals surface area contributed by atoms with Gasteiger partial charge in [-0.05, 0) is 12.8 Å². The van der Waals surface area contributed by atoms with E-state index in [0.29, 0.717) is 0 Å². The Balaban J connectivity index is 2.33. The molecule has 0 bridgehead atoms. The van der Waals surface area contributed by atoms with Gasteiger partial charge in [0.2, 0.25) is 0 Å². The summed E-state index contributed by atoms with van der Waals surface area (Å²) >= 11 is 0. The van der Waals surface area contributed by atoms with Crippen LogP contribution in [0.1, 0.15) is 71.6 Å². The van der Waals surface area contributed by atoms with Crippen molar-refractivity contribution >= 4 is 0 Å². The number of unbranched alkanes of at least 4 members (excludes halogenated alkanes) is 6. The third-order valence-electron chi connectivity index (χ3n) is 4.76. The van der Waals surface area contributed by atoms with E-state index in [0.717, 1.165) is 25.7 Å². The summed E-state index contributed by atoms with van der Waals surface area (Å²) in [5, 5.41) is 38.8. The van der Waals surface area contributed by atoms with Crippen LogP contribution in [-0.4, -0.2) is 63.8 Å². The molecule has 144 valence electrons. The van der Waals surface area contributed by atoms with Gasteiger partial charge in [0, 0.05) is 0 Å². The third-order valence-corrected chi connectivity index (χ3v) is 4.76. The van der Waals surface area contributed by atoms with E-state index in [1.807, 2.05) is 6.92 Å². The average molecular weight is 348 g/mol. The van der Waals surface area contributed by atoms with Gasteiger partial charge in [0.25, 0.3) is 0 Å². The topological polar surface area (TPSA) is 99.4 Å². The summed E-state index contributed by atoms with van der Waals surface area (Å²) in [4.78, 5) is 0. The molecule has 1 heterocycles. The van der Waals surface area contributed by atoms with Crippen LogP contribution in [0.4, 0.5) is 0 Å². The summed E-state index contributed by atoms with van der Waals surface area (Å²) in [7, 11) is 0. The van der Waals surface area contributed by atoms with Crippen LogP contribution in [0.2, 0.25) is 0 Å². The molecule has 24 heavy (non-hydrogen) atoms. The summed E-state index contributed by atoms with van der Waals surface area (Å²) in [6, 6.07) is 0. The fraction of sp³-hybridized carbons (Fsp3) is 1.00. The van der Waals surface area contributed by atoms with Crippen LogP contribution in [0.15, 0.2) is 0 Å². The van der Waals surface area contributed by atoms with Gasteiger partial charge in [0.15, 0.2) is 6.29 Å². The molecule has 0 aromatic rings. The molecule has 0 saturated carbocycles. The van der Waals surface area contributed by atoms with E-state index in [4.69, 9.17) is 9.47 Å². The van der Waals surface area contributed by atoms with E-state index in [2.05, 4.69) is 6.92 Å². The van der Waals surface area contributed by atoms with Crippen molar-refractivity contribution in [3.05, 3.63) is 0 Å². The van der Waals surface area contributed by atoms with E-state index in [-0.39, 0.29) is 6.10 Å². The molecule has 6 heteroatoms. The molecule has 1 rings (SSSR count). The van der Waals surface area contributed by atoms with Crippen molar-refractivity contribution in [3.63, 3.8) is 0 Å². The lowest BCUT2D eigenvalue weighted by Crippen LogP contribution is -2.59. The molecule has 0 aromatic heterocycles. The number of hydrogen-bond acceptors (Lipinski definition) is 6. The predicted octanol–water partition coefficient (Wildman–Crippen LogP) is 1.72. The quantitative estimate of drug-likeness (QED) is 0.401. The van der Waals surface area contributed by atoms with Gasteiger partial charge in [-0.3, -0.25) is 0 Å². The summed E-state index contributed by atoms with van der Waals surface area (Å²) in [5.74, 6) is 0. The molecule has 0 spiro atoms. The van der Waals surface area contributed by atoms with Gasteiger partial charge in [-0.1, -0.05) is 58.8 Å². The van der Waals surface area contributed by atoms with Crippen molar-refractivity contribution in [2.75, 3.05) is 6.61 Å². The molecular weight excluding hydrogens is 312 g/mol. The summed E-state index contributed by atoms with van der Waals surface area (Å²) < 4.78 is 11.2. The largest absolute Gasteiger partial charge is 0.394 e. The molecule has 0 aliphatic carbocycles. The average Bonchev–Trinajstić information content (AvgIpc) is 2.59. The van der Waals surface area contributed by atoms with E-state index in [9.17, 15) is 20.4 Å². The first-order chi connectivity index (χ1) is 11.5. The Kier molecular flexibility index (Phi) is 11.1. The predicted molar refractivity (Wildman–Crippen MR) is 91.5 cm³/mol.